The molecular formula is C16H20N2O3S. The zero-order valence-corrected chi connectivity index (χ0v) is 13.8. The first-order valence-corrected chi connectivity index (χ1v) is 7.75. The normalized spacial score (nSPS) is 16.1. The molecule has 1 amide bonds. The Hall–Kier alpha value is -2.08. The Morgan fingerprint density at radius 1 is 1.23 bits per heavy atom. The van der Waals surface area contributed by atoms with E-state index in [2.05, 4.69) is 5.32 Å². The molecule has 0 saturated carbocycles. The number of carbonyl (C=O) groups excluding carboxylic acids is 1. The summed E-state index contributed by atoms with van der Waals surface area (Å²) in [5.41, 5.74) is 1.26. The van der Waals surface area contributed by atoms with Crippen LogP contribution >= 0.6 is 12.2 Å². The van der Waals surface area contributed by atoms with Crippen molar-refractivity contribution in [3.63, 3.8) is 0 Å². The second kappa shape index (κ2) is 7.26. The predicted octanol–water partition coefficient (Wildman–Crippen LogP) is 2.56. The van der Waals surface area contributed by atoms with Crippen LogP contribution in [0, 0.1) is 0 Å². The van der Waals surface area contributed by atoms with E-state index >= 15 is 0 Å². The Morgan fingerprint density at radius 3 is 2.55 bits per heavy atom. The molecular weight excluding hydrogens is 300 g/mol. The topological polar surface area (TPSA) is 50.8 Å². The lowest BCUT2D eigenvalue weighted by Gasteiger charge is -2.11. The fraction of sp³-hybridized carbons (Fsp3) is 0.375. The third-order valence-electron chi connectivity index (χ3n) is 3.17. The van der Waals surface area contributed by atoms with Crippen LogP contribution in [0.1, 0.15) is 26.3 Å². The number of benzene rings is 1. The van der Waals surface area contributed by atoms with E-state index in [0.29, 0.717) is 36.3 Å². The summed E-state index contributed by atoms with van der Waals surface area (Å²) in [5.74, 6) is 1.30. The number of nitrogens with one attached hydrogen (secondary N) is 1. The largest absolute Gasteiger partial charge is 0.494 e. The molecule has 2 rings (SSSR count). The zero-order chi connectivity index (χ0) is 16.1. The number of hydrogen-bond donors (Lipinski definition) is 1. The third kappa shape index (κ3) is 3.39. The van der Waals surface area contributed by atoms with Gasteiger partial charge in [-0.25, -0.2) is 0 Å². The molecule has 0 aliphatic carbocycles. The van der Waals surface area contributed by atoms with E-state index in [9.17, 15) is 4.79 Å². The van der Waals surface area contributed by atoms with Crippen molar-refractivity contribution in [3.8, 4) is 11.5 Å². The highest BCUT2D eigenvalue weighted by molar-refractivity contribution is 7.80. The smallest absolute Gasteiger partial charge is 0.276 e. The third-order valence-corrected chi connectivity index (χ3v) is 3.50. The van der Waals surface area contributed by atoms with Gasteiger partial charge in [-0.1, -0.05) is 0 Å². The SMILES string of the molecule is CCOc1ccc(/C=C2\NC(=S)N(CC)C2=O)c(OCC)c1. The van der Waals surface area contributed by atoms with Crippen molar-refractivity contribution in [1.29, 1.82) is 0 Å². The molecule has 0 aromatic heterocycles. The lowest BCUT2D eigenvalue weighted by molar-refractivity contribution is -0.122. The minimum atomic E-state index is -0.121. The molecule has 118 valence electrons. The van der Waals surface area contributed by atoms with E-state index in [4.69, 9.17) is 21.7 Å². The molecule has 5 nitrogen and oxygen atoms in total. The van der Waals surface area contributed by atoms with Gasteiger partial charge in [0.15, 0.2) is 5.11 Å². The molecule has 1 aliphatic heterocycles. The van der Waals surface area contributed by atoms with E-state index < -0.39 is 0 Å². The highest BCUT2D eigenvalue weighted by atomic mass is 32.1. The minimum absolute atomic E-state index is 0.121. The summed E-state index contributed by atoms with van der Waals surface area (Å²) in [6.07, 6.45) is 1.75. The van der Waals surface area contributed by atoms with Crippen molar-refractivity contribution < 1.29 is 14.3 Å². The first kappa shape index (κ1) is 16.3. The summed E-state index contributed by atoms with van der Waals surface area (Å²) in [6.45, 7) is 7.40. The minimum Gasteiger partial charge on any atom is -0.494 e. The molecule has 1 saturated heterocycles. The fourth-order valence-corrected chi connectivity index (χ4v) is 2.51. The van der Waals surface area contributed by atoms with Gasteiger partial charge in [-0.15, -0.1) is 0 Å². The highest BCUT2D eigenvalue weighted by Crippen LogP contribution is 2.28. The quantitative estimate of drug-likeness (QED) is 0.645. The standard InChI is InChI=1S/C16H20N2O3S/c1-4-18-15(19)13(17-16(18)22)9-11-7-8-12(20-5-2)10-14(11)21-6-3/h7-10H,4-6H2,1-3H3,(H,17,22)/b13-9-. The molecule has 1 fully saturated rings. The molecule has 1 heterocycles. The Balaban J connectivity index is 2.34. The lowest BCUT2D eigenvalue weighted by Crippen LogP contribution is -2.30. The van der Waals surface area contributed by atoms with Crippen LogP contribution in [0.25, 0.3) is 6.08 Å². The van der Waals surface area contributed by atoms with Crippen molar-refractivity contribution in [1.82, 2.24) is 10.2 Å². The zero-order valence-electron chi connectivity index (χ0n) is 13.0. The Bertz CT molecular complexity index is 613. The number of hydrogen-bond acceptors (Lipinski definition) is 4. The van der Waals surface area contributed by atoms with Gasteiger partial charge < -0.3 is 14.8 Å². The summed E-state index contributed by atoms with van der Waals surface area (Å²) in [5, 5.41) is 3.38. The van der Waals surface area contributed by atoms with Crippen LogP contribution < -0.4 is 14.8 Å². The van der Waals surface area contributed by atoms with E-state index in [0.717, 1.165) is 11.3 Å². The molecule has 1 aliphatic rings. The van der Waals surface area contributed by atoms with Gasteiger partial charge in [0.1, 0.15) is 17.2 Å². The van der Waals surface area contributed by atoms with Crippen LogP contribution in [0.3, 0.4) is 0 Å². The van der Waals surface area contributed by atoms with Crippen molar-refractivity contribution in [3.05, 3.63) is 29.5 Å². The molecule has 0 radical (unpaired) electrons. The maximum absolute atomic E-state index is 12.2. The first-order valence-electron chi connectivity index (χ1n) is 7.34. The molecule has 1 aromatic carbocycles. The second-order valence-corrected chi connectivity index (χ2v) is 4.99. The van der Waals surface area contributed by atoms with Crippen molar-refractivity contribution in [2.75, 3.05) is 19.8 Å². The summed E-state index contributed by atoms with van der Waals surface area (Å²) in [7, 11) is 0. The summed E-state index contributed by atoms with van der Waals surface area (Å²) in [6, 6.07) is 5.55. The van der Waals surface area contributed by atoms with Crippen molar-refractivity contribution >= 4 is 29.3 Å². The number of carbonyl (C=O) groups is 1. The van der Waals surface area contributed by atoms with Gasteiger partial charge in [0.25, 0.3) is 5.91 Å². The Morgan fingerprint density at radius 2 is 1.95 bits per heavy atom. The van der Waals surface area contributed by atoms with Crippen LogP contribution in [-0.2, 0) is 4.79 Å². The fourth-order valence-electron chi connectivity index (χ4n) is 2.19. The van der Waals surface area contributed by atoms with Crippen LogP contribution in [0.15, 0.2) is 23.9 Å². The van der Waals surface area contributed by atoms with Gasteiger partial charge in [0, 0.05) is 18.2 Å². The van der Waals surface area contributed by atoms with Gasteiger partial charge in [-0.2, -0.15) is 0 Å². The molecule has 1 N–H and O–H groups in total. The highest BCUT2D eigenvalue weighted by Gasteiger charge is 2.29. The average molecular weight is 320 g/mol. The molecule has 6 heteroatoms. The molecule has 1 aromatic rings. The second-order valence-electron chi connectivity index (χ2n) is 4.60. The van der Waals surface area contributed by atoms with Crippen molar-refractivity contribution in [2.24, 2.45) is 0 Å². The van der Waals surface area contributed by atoms with Gasteiger partial charge >= 0.3 is 0 Å². The van der Waals surface area contributed by atoms with Crippen LogP contribution in [0.4, 0.5) is 0 Å². The van der Waals surface area contributed by atoms with E-state index in [-0.39, 0.29) is 5.91 Å². The average Bonchev–Trinajstić information content (AvgIpc) is 2.76. The monoisotopic (exact) mass is 320 g/mol. The molecule has 0 bridgehead atoms. The summed E-state index contributed by atoms with van der Waals surface area (Å²) >= 11 is 5.15. The molecule has 0 atom stereocenters. The summed E-state index contributed by atoms with van der Waals surface area (Å²) < 4.78 is 11.1. The molecule has 22 heavy (non-hydrogen) atoms. The van der Waals surface area contributed by atoms with Gasteiger partial charge in [-0.05, 0) is 51.2 Å². The maximum atomic E-state index is 12.2. The number of rotatable bonds is 6. The van der Waals surface area contributed by atoms with Gasteiger partial charge in [-0.3, -0.25) is 9.69 Å². The number of nitrogens with zero attached hydrogens (tertiary/aromatic N) is 1. The lowest BCUT2D eigenvalue weighted by atomic mass is 10.1. The maximum Gasteiger partial charge on any atom is 0.276 e. The Labute approximate surface area is 135 Å². The van der Waals surface area contributed by atoms with Crippen LogP contribution in [0.2, 0.25) is 0 Å². The van der Waals surface area contributed by atoms with Crippen LogP contribution in [0.5, 0.6) is 11.5 Å². The predicted molar refractivity (Wildman–Crippen MR) is 89.9 cm³/mol. The number of ether oxygens (including phenoxy) is 2. The van der Waals surface area contributed by atoms with E-state index in [1.807, 2.05) is 39.0 Å². The number of likely N-dealkylation sites (N-methyl/N-ethyl adjacent to an activating group) is 1. The first-order chi connectivity index (χ1) is 10.6. The number of thiocarbonyl (C=S) groups is 1. The summed E-state index contributed by atoms with van der Waals surface area (Å²) in [4.78, 5) is 13.8. The van der Waals surface area contributed by atoms with Gasteiger partial charge in [0.2, 0.25) is 0 Å². The molecule has 0 spiro atoms. The van der Waals surface area contributed by atoms with E-state index in [1.165, 1.54) is 4.90 Å². The Kier molecular flexibility index (Phi) is 5.38. The van der Waals surface area contributed by atoms with Gasteiger partial charge in [0.05, 0.1) is 13.2 Å². The van der Waals surface area contributed by atoms with Crippen molar-refractivity contribution in [2.45, 2.75) is 20.8 Å². The number of amides is 1. The molecule has 0 unspecified atom stereocenters. The van der Waals surface area contributed by atoms with Crippen LogP contribution in [-0.4, -0.2) is 35.7 Å². The van der Waals surface area contributed by atoms with E-state index in [1.54, 1.807) is 6.08 Å².